The van der Waals surface area contributed by atoms with Crippen molar-refractivity contribution in [2.45, 2.75) is 58.8 Å². The maximum absolute atomic E-state index is 10.5. The first kappa shape index (κ1) is 15.3. The summed E-state index contributed by atoms with van der Waals surface area (Å²) in [6.45, 7) is 7.35. The van der Waals surface area contributed by atoms with Gasteiger partial charge in [0.1, 0.15) is 6.04 Å². The van der Waals surface area contributed by atoms with Gasteiger partial charge in [-0.2, -0.15) is 4.91 Å². The second-order valence-corrected chi connectivity index (χ2v) is 4.48. The predicted molar refractivity (Wildman–Crippen MR) is 65.1 cm³/mol. The predicted octanol–water partition coefficient (Wildman–Crippen LogP) is 2.25. The Morgan fingerprint density at radius 1 is 1.38 bits per heavy atom. The lowest BCUT2D eigenvalue weighted by Gasteiger charge is -2.24. The van der Waals surface area contributed by atoms with Gasteiger partial charge in [-0.25, -0.2) is 0 Å². The molecular formula is C12H23NO3. The van der Waals surface area contributed by atoms with Crippen LogP contribution in [0.2, 0.25) is 0 Å². The number of nitroso groups, excluding NO2 is 1. The van der Waals surface area contributed by atoms with E-state index in [0.717, 1.165) is 12.8 Å². The third-order valence-corrected chi connectivity index (χ3v) is 3.04. The van der Waals surface area contributed by atoms with Crippen LogP contribution in [-0.4, -0.2) is 28.5 Å². The van der Waals surface area contributed by atoms with E-state index in [2.05, 4.69) is 5.18 Å². The molecule has 0 amide bonds. The van der Waals surface area contributed by atoms with Crippen LogP contribution in [0.1, 0.15) is 40.5 Å². The second-order valence-electron chi connectivity index (χ2n) is 4.48. The van der Waals surface area contributed by atoms with Gasteiger partial charge in [-0.05, 0) is 39.5 Å². The van der Waals surface area contributed by atoms with Crippen LogP contribution in [0.4, 0.5) is 0 Å². The number of rotatable bonds is 7. The normalized spacial score (nSPS) is 20.0. The van der Waals surface area contributed by atoms with Gasteiger partial charge in [0.25, 0.3) is 0 Å². The van der Waals surface area contributed by atoms with E-state index in [0.29, 0.717) is 0 Å². The molecule has 0 bridgehead atoms. The maximum atomic E-state index is 10.5. The van der Waals surface area contributed by atoms with Crippen LogP contribution in [0.5, 0.6) is 0 Å². The SMILES string of the molecule is C/C=C(\C)CCC(C)C(O)C(N=O)C(C)O. The van der Waals surface area contributed by atoms with Crippen LogP contribution in [0.3, 0.4) is 0 Å². The third-order valence-electron chi connectivity index (χ3n) is 3.04. The molecule has 4 unspecified atom stereocenters. The van der Waals surface area contributed by atoms with Crippen LogP contribution in [0.15, 0.2) is 16.8 Å². The Labute approximate surface area is 97.3 Å². The monoisotopic (exact) mass is 229 g/mol. The minimum Gasteiger partial charge on any atom is -0.391 e. The van der Waals surface area contributed by atoms with Gasteiger partial charge in [0.05, 0.1) is 12.2 Å². The molecule has 0 aromatic rings. The number of aliphatic hydroxyl groups excluding tert-OH is 2. The second kappa shape index (κ2) is 7.52. The fourth-order valence-corrected chi connectivity index (χ4v) is 1.54. The molecule has 0 aliphatic heterocycles. The summed E-state index contributed by atoms with van der Waals surface area (Å²) in [6, 6.07) is -0.930. The summed E-state index contributed by atoms with van der Waals surface area (Å²) in [5.74, 6) is -0.0489. The van der Waals surface area contributed by atoms with Crippen molar-refractivity contribution in [3.05, 3.63) is 16.6 Å². The van der Waals surface area contributed by atoms with Crippen LogP contribution in [0, 0.1) is 10.8 Å². The van der Waals surface area contributed by atoms with Crippen LogP contribution in [-0.2, 0) is 0 Å². The minimum atomic E-state index is -0.930. The molecule has 0 fully saturated rings. The average Bonchev–Trinajstić information content (AvgIpc) is 2.25. The number of allylic oxidation sites excluding steroid dienone is 2. The van der Waals surface area contributed by atoms with E-state index in [4.69, 9.17) is 0 Å². The first-order valence-corrected chi connectivity index (χ1v) is 5.74. The van der Waals surface area contributed by atoms with Gasteiger partial charge in [0.15, 0.2) is 0 Å². The zero-order chi connectivity index (χ0) is 12.7. The highest BCUT2D eigenvalue weighted by atomic mass is 16.3. The minimum absolute atomic E-state index is 0.0489. The highest BCUT2D eigenvalue weighted by molar-refractivity contribution is 4.96. The quantitative estimate of drug-likeness (QED) is 0.519. The zero-order valence-corrected chi connectivity index (χ0v) is 10.6. The fourth-order valence-electron chi connectivity index (χ4n) is 1.54. The molecule has 0 spiro atoms. The number of hydrogen-bond acceptors (Lipinski definition) is 4. The van der Waals surface area contributed by atoms with Crippen molar-refractivity contribution in [1.82, 2.24) is 0 Å². The molecular weight excluding hydrogens is 206 g/mol. The molecule has 0 aromatic carbocycles. The van der Waals surface area contributed by atoms with E-state index in [9.17, 15) is 15.1 Å². The van der Waals surface area contributed by atoms with Gasteiger partial charge in [-0.1, -0.05) is 23.7 Å². The fraction of sp³-hybridized carbons (Fsp3) is 0.833. The zero-order valence-electron chi connectivity index (χ0n) is 10.6. The molecule has 0 rings (SSSR count). The van der Waals surface area contributed by atoms with Crippen molar-refractivity contribution in [2.24, 2.45) is 11.1 Å². The highest BCUT2D eigenvalue weighted by Gasteiger charge is 2.29. The van der Waals surface area contributed by atoms with Gasteiger partial charge in [-0.15, -0.1) is 0 Å². The highest BCUT2D eigenvalue weighted by Crippen LogP contribution is 2.20. The Kier molecular flexibility index (Phi) is 7.17. The number of hydrogen-bond donors (Lipinski definition) is 2. The lowest BCUT2D eigenvalue weighted by molar-refractivity contribution is 0.0312. The van der Waals surface area contributed by atoms with E-state index >= 15 is 0 Å². The standard InChI is InChI=1S/C12H23NO3/c1-5-8(2)6-7-9(3)12(15)11(13-16)10(4)14/h5,9-12,14-15H,6-7H2,1-4H3/b8-5+. The van der Waals surface area contributed by atoms with Gasteiger partial charge < -0.3 is 10.2 Å². The van der Waals surface area contributed by atoms with E-state index in [-0.39, 0.29) is 5.92 Å². The van der Waals surface area contributed by atoms with Gasteiger partial charge in [-0.3, -0.25) is 0 Å². The van der Waals surface area contributed by atoms with Crippen molar-refractivity contribution in [3.63, 3.8) is 0 Å². The summed E-state index contributed by atoms with van der Waals surface area (Å²) in [7, 11) is 0. The van der Waals surface area contributed by atoms with Crippen molar-refractivity contribution in [1.29, 1.82) is 0 Å². The molecule has 16 heavy (non-hydrogen) atoms. The first-order valence-electron chi connectivity index (χ1n) is 5.74. The first-order chi connectivity index (χ1) is 7.43. The molecule has 4 atom stereocenters. The molecule has 0 aliphatic rings. The lowest BCUT2D eigenvalue weighted by atomic mass is 9.90. The smallest absolute Gasteiger partial charge is 0.143 e. The Morgan fingerprint density at radius 2 is 1.94 bits per heavy atom. The molecule has 0 saturated heterocycles. The van der Waals surface area contributed by atoms with Crippen LogP contribution >= 0.6 is 0 Å². The van der Waals surface area contributed by atoms with Gasteiger partial charge >= 0.3 is 0 Å². The number of nitrogens with zero attached hydrogens (tertiary/aromatic N) is 1. The average molecular weight is 229 g/mol. The molecule has 4 heteroatoms. The van der Waals surface area contributed by atoms with Gasteiger partial charge in [0, 0.05) is 0 Å². The lowest BCUT2D eigenvalue weighted by Crippen LogP contribution is -2.38. The molecule has 94 valence electrons. The van der Waals surface area contributed by atoms with Gasteiger partial charge in [0.2, 0.25) is 0 Å². The van der Waals surface area contributed by atoms with E-state index in [1.165, 1.54) is 12.5 Å². The summed E-state index contributed by atoms with van der Waals surface area (Å²) in [5, 5.41) is 21.9. The molecule has 0 heterocycles. The summed E-state index contributed by atoms with van der Waals surface area (Å²) in [4.78, 5) is 10.5. The van der Waals surface area contributed by atoms with Crippen molar-refractivity contribution in [3.8, 4) is 0 Å². The Morgan fingerprint density at radius 3 is 2.31 bits per heavy atom. The molecule has 2 N–H and O–H groups in total. The van der Waals surface area contributed by atoms with E-state index < -0.39 is 18.2 Å². The summed E-state index contributed by atoms with van der Waals surface area (Å²) < 4.78 is 0. The van der Waals surface area contributed by atoms with Crippen molar-refractivity contribution in [2.75, 3.05) is 0 Å². The summed E-state index contributed by atoms with van der Waals surface area (Å²) in [6.07, 6.45) is 1.93. The Balaban J connectivity index is 4.25. The maximum Gasteiger partial charge on any atom is 0.143 e. The number of aliphatic hydroxyl groups is 2. The topological polar surface area (TPSA) is 69.9 Å². The summed E-state index contributed by atoms with van der Waals surface area (Å²) in [5.41, 5.74) is 1.26. The molecule has 4 nitrogen and oxygen atoms in total. The molecule has 0 aliphatic carbocycles. The van der Waals surface area contributed by atoms with Crippen LogP contribution in [0.25, 0.3) is 0 Å². The Bertz CT molecular complexity index is 238. The third kappa shape index (κ3) is 4.86. The van der Waals surface area contributed by atoms with Crippen molar-refractivity contribution >= 4 is 0 Å². The van der Waals surface area contributed by atoms with Crippen molar-refractivity contribution < 1.29 is 10.2 Å². The van der Waals surface area contributed by atoms with E-state index in [1.807, 2.05) is 26.8 Å². The molecule has 0 aromatic heterocycles. The molecule has 0 saturated carbocycles. The van der Waals surface area contributed by atoms with E-state index in [1.54, 1.807) is 0 Å². The Hall–Kier alpha value is -0.740. The largest absolute Gasteiger partial charge is 0.391 e. The van der Waals surface area contributed by atoms with Crippen LogP contribution < -0.4 is 0 Å². The summed E-state index contributed by atoms with van der Waals surface area (Å²) >= 11 is 0. The molecule has 0 radical (unpaired) electrons.